The third-order valence-electron chi connectivity index (χ3n) is 5.48. The number of ether oxygens (including phenoxy) is 1. The predicted octanol–water partition coefficient (Wildman–Crippen LogP) is 2.67. The second-order valence-electron chi connectivity index (χ2n) is 7.52. The van der Waals surface area contributed by atoms with Gasteiger partial charge < -0.3 is 10.1 Å². The molecule has 2 aromatic rings. The third kappa shape index (κ3) is 3.75. The highest BCUT2D eigenvalue weighted by Gasteiger charge is 2.35. The molecule has 1 saturated carbocycles. The first kappa shape index (κ1) is 20.3. The van der Waals surface area contributed by atoms with Crippen molar-refractivity contribution in [2.24, 2.45) is 0 Å². The van der Waals surface area contributed by atoms with E-state index in [4.69, 9.17) is 4.74 Å². The molecule has 7 nitrogen and oxygen atoms in total. The lowest BCUT2D eigenvalue weighted by Crippen LogP contribution is -2.38. The van der Waals surface area contributed by atoms with Crippen LogP contribution >= 0.6 is 0 Å². The lowest BCUT2D eigenvalue weighted by atomic mass is 9.95. The van der Waals surface area contributed by atoms with Crippen LogP contribution in [0, 0.1) is 0 Å². The van der Waals surface area contributed by atoms with Crippen LogP contribution in [0.3, 0.4) is 0 Å². The maximum Gasteiger partial charge on any atom is 0.338 e. The van der Waals surface area contributed by atoms with E-state index in [0.717, 1.165) is 38.2 Å². The van der Waals surface area contributed by atoms with E-state index in [0.29, 0.717) is 0 Å². The van der Waals surface area contributed by atoms with Crippen molar-refractivity contribution in [3.05, 3.63) is 59.2 Å². The molecule has 0 unspecified atom stereocenters. The summed E-state index contributed by atoms with van der Waals surface area (Å²) < 4.78 is 30.9. The van der Waals surface area contributed by atoms with Gasteiger partial charge in [0.25, 0.3) is 5.91 Å². The zero-order chi connectivity index (χ0) is 21.3. The van der Waals surface area contributed by atoms with Crippen LogP contribution in [0.1, 0.15) is 58.4 Å². The number of nitrogens with one attached hydrogen (secondary N) is 1. The van der Waals surface area contributed by atoms with E-state index in [1.54, 1.807) is 6.07 Å². The van der Waals surface area contributed by atoms with Crippen molar-refractivity contribution in [3.8, 4) is 0 Å². The van der Waals surface area contributed by atoms with Crippen molar-refractivity contribution < 1.29 is 27.5 Å². The Kier molecular flexibility index (Phi) is 5.42. The van der Waals surface area contributed by atoms with Crippen LogP contribution < -0.4 is 5.32 Å². The second kappa shape index (κ2) is 8.02. The van der Waals surface area contributed by atoms with Gasteiger partial charge in [0, 0.05) is 17.2 Å². The van der Waals surface area contributed by atoms with Crippen molar-refractivity contribution in [2.75, 3.05) is 6.61 Å². The number of fused-ring (bicyclic) bond motifs is 2. The average molecular weight is 427 g/mol. The Morgan fingerprint density at radius 1 is 0.967 bits per heavy atom. The maximum atomic E-state index is 12.9. The highest BCUT2D eigenvalue weighted by Crippen LogP contribution is 2.34. The van der Waals surface area contributed by atoms with Crippen LogP contribution in [0.4, 0.5) is 0 Å². The molecule has 1 heterocycles. The van der Waals surface area contributed by atoms with Gasteiger partial charge in [0.05, 0.1) is 15.4 Å². The predicted molar refractivity (Wildman–Crippen MR) is 107 cm³/mol. The van der Waals surface area contributed by atoms with Gasteiger partial charge in [-0.05, 0) is 43.2 Å². The fourth-order valence-electron chi connectivity index (χ4n) is 3.94. The summed E-state index contributed by atoms with van der Waals surface area (Å²) in [5.41, 5.74) is 0.0926. The zero-order valence-electron chi connectivity index (χ0n) is 16.2. The van der Waals surface area contributed by atoms with Gasteiger partial charge in [0.15, 0.2) is 12.4 Å². The Morgan fingerprint density at radius 2 is 1.67 bits per heavy atom. The van der Waals surface area contributed by atoms with Crippen LogP contribution in [-0.2, 0) is 19.4 Å². The summed E-state index contributed by atoms with van der Waals surface area (Å²) in [6.45, 7) is -0.444. The molecule has 1 aliphatic carbocycles. The molecular weight excluding hydrogens is 406 g/mol. The van der Waals surface area contributed by atoms with E-state index >= 15 is 0 Å². The minimum Gasteiger partial charge on any atom is -0.452 e. The minimum absolute atomic E-state index is 0.0142. The summed E-state index contributed by atoms with van der Waals surface area (Å²) in [5, 5.41) is 2.85. The Morgan fingerprint density at radius 3 is 2.43 bits per heavy atom. The summed E-state index contributed by atoms with van der Waals surface area (Å²) >= 11 is 0. The van der Waals surface area contributed by atoms with Gasteiger partial charge in [-0.25, -0.2) is 13.2 Å². The molecule has 2 aliphatic rings. The molecule has 0 radical (unpaired) electrons. The number of carbonyl (C=O) groups excluding carboxylic acids is 3. The van der Waals surface area contributed by atoms with E-state index in [9.17, 15) is 22.8 Å². The summed E-state index contributed by atoms with van der Waals surface area (Å²) in [6.07, 6.45) is 5.12. The lowest BCUT2D eigenvalue weighted by molar-refractivity contribution is -0.125. The fourth-order valence-corrected chi connectivity index (χ4v) is 5.62. The number of benzene rings is 2. The first-order valence-corrected chi connectivity index (χ1v) is 11.4. The first-order chi connectivity index (χ1) is 14.4. The molecule has 2 aromatic carbocycles. The number of carbonyl (C=O) groups is 3. The average Bonchev–Trinajstić information content (AvgIpc) is 2.76. The van der Waals surface area contributed by atoms with Crippen LogP contribution in [0.25, 0.3) is 0 Å². The van der Waals surface area contributed by atoms with Crippen molar-refractivity contribution >= 4 is 27.5 Å². The molecular formula is C22H21NO6S. The van der Waals surface area contributed by atoms with Crippen LogP contribution in [0.5, 0.6) is 0 Å². The van der Waals surface area contributed by atoms with Crippen LogP contribution in [0.2, 0.25) is 0 Å². The Hall–Kier alpha value is -3.00. The van der Waals surface area contributed by atoms with Crippen molar-refractivity contribution in [3.63, 3.8) is 0 Å². The van der Waals surface area contributed by atoms with Crippen molar-refractivity contribution in [1.29, 1.82) is 0 Å². The molecule has 4 rings (SSSR count). The molecule has 8 heteroatoms. The largest absolute Gasteiger partial charge is 0.452 e. The number of sulfone groups is 1. The van der Waals surface area contributed by atoms with E-state index in [1.807, 2.05) is 0 Å². The summed E-state index contributed by atoms with van der Waals surface area (Å²) in [5.74, 6) is -1.62. The molecule has 1 amide bonds. The molecule has 1 fully saturated rings. The normalized spacial score (nSPS) is 17.5. The molecule has 1 N–H and O–H groups in total. The van der Waals surface area contributed by atoms with E-state index in [1.165, 1.54) is 30.3 Å². The Balaban J connectivity index is 1.50. The van der Waals surface area contributed by atoms with Gasteiger partial charge in [0.1, 0.15) is 0 Å². The number of ketones is 1. The number of rotatable bonds is 4. The molecule has 1 aliphatic heterocycles. The van der Waals surface area contributed by atoms with E-state index < -0.39 is 28.2 Å². The third-order valence-corrected chi connectivity index (χ3v) is 7.33. The summed E-state index contributed by atoms with van der Waals surface area (Å²) in [4.78, 5) is 36.8. The standard InChI is InChI=1S/C22H21NO6S/c24-20(23-15-6-2-1-3-7-15)13-29-22(26)14-10-11-17-19(12-14)30(27,28)18-9-5-4-8-16(18)21(17)25/h4-5,8-12,15H,1-3,6-7,13H2,(H,23,24). The molecule has 0 bridgehead atoms. The van der Waals surface area contributed by atoms with Gasteiger partial charge in [-0.3, -0.25) is 9.59 Å². The minimum atomic E-state index is -3.95. The van der Waals surface area contributed by atoms with Gasteiger partial charge in [-0.15, -0.1) is 0 Å². The smallest absolute Gasteiger partial charge is 0.338 e. The fraction of sp³-hybridized carbons (Fsp3) is 0.318. The highest BCUT2D eigenvalue weighted by molar-refractivity contribution is 7.91. The van der Waals surface area contributed by atoms with Gasteiger partial charge in [-0.2, -0.15) is 0 Å². The molecule has 0 atom stereocenters. The van der Waals surface area contributed by atoms with Crippen molar-refractivity contribution in [2.45, 2.75) is 47.9 Å². The lowest BCUT2D eigenvalue weighted by Gasteiger charge is -2.22. The SMILES string of the molecule is O=C(COC(=O)c1ccc2c(c1)S(=O)(=O)c1ccccc1C2=O)NC1CCCCC1. The monoisotopic (exact) mass is 427 g/mol. The molecule has 0 aromatic heterocycles. The van der Waals surface area contributed by atoms with E-state index in [2.05, 4.69) is 5.32 Å². The molecule has 156 valence electrons. The molecule has 0 saturated heterocycles. The molecule has 0 spiro atoms. The summed E-state index contributed by atoms with van der Waals surface area (Å²) in [6, 6.07) is 9.85. The Bertz CT molecular complexity index is 1130. The highest BCUT2D eigenvalue weighted by atomic mass is 32.2. The maximum absolute atomic E-state index is 12.9. The van der Waals surface area contributed by atoms with E-state index in [-0.39, 0.29) is 38.4 Å². The number of amides is 1. The number of hydrogen-bond donors (Lipinski definition) is 1. The quantitative estimate of drug-likeness (QED) is 0.642. The Labute approximate surface area is 174 Å². The zero-order valence-corrected chi connectivity index (χ0v) is 17.0. The van der Waals surface area contributed by atoms with Gasteiger partial charge in [0.2, 0.25) is 9.84 Å². The van der Waals surface area contributed by atoms with Crippen LogP contribution in [0.15, 0.2) is 52.3 Å². The van der Waals surface area contributed by atoms with Crippen molar-refractivity contribution in [1.82, 2.24) is 5.32 Å². The number of hydrogen-bond acceptors (Lipinski definition) is 6. The first-order valence-electron chi connectivity index (χ1n) is 9.87. The van der Waals surface area contributed by atoms with Crippen LogP contribution in [-0.4, -0.2) is 38.7 Å². The number of esters is 1. The van der Waals surface area contributed by atoms with Gasteiger partial charge >= 0.3 is 5.97 Å². The topological polar surface area (TPSA) is 107 Å². The molecule has 30 heavy (non-hydrogen) atoms. The summed E-state index contributed by atoms with van der Waals surface area (Å²) in [7, 11) is -3.95. The van der Waals surface area contributed by atoms with Gasteiger partial charge in [-0.1, -0.05) is 31.4 Å². The second-order valence-corrected chi connectivity index (χ2v) is 9.40.